The lowest BCUT2D eigenvalue weighted by molar-refractivity contribution is -0.0500. The minimum absolute atomic E-state index is 0.416. The molecule has 1 aliphatic carbocycles. The molecule has 4 aromatic carbocycles. The average Bonchev–Trinajstić information content (AvgIpc) is 3.08. The predicted octanol–water partition coefficient (Wildman–Crippen LogP) is 6.40. The molecule has 1 aliphatic heterocycles. The maximum Gasteiger partial charge on any atom is 0.534 e. The smallest absolute Gasteiger partial charge is 0.473 e. The molecule has 6 rings (SSSR count). The minimum atomic E-state index is -5.75. The molecular weight excluding hydrogens is 465 g/mol. The van der Waals surface area contributed by atoms with E-state index in [0.717, 1.165) is 27.8 Å². The van der Waals surface area contributed by atoms with Crippen LogP contribution in [0.2, 0.25) is 0 Å². The lowest BCUT2D eigenvalue weighted by Crippen LogP contribution is -2.32. The zero-order valence-electron chi connectivity index (χ0n) is 17.3. The van der Waals surface area contributed by atoms with Gasteiger partial charge in [0.05, 0.1) is 0 Å². The Labute approximate surface area is 193 Å². The van der Waals surface area contributed by atoms with Crippen LogP contribution in [-0.2, 0) is 15.7 Å². The first-order valence-corrected chi connectivity index (χ1v) is 11.8. The van der Waals surface area contributed by atoms with Gasteiger partial charge in [0.2, 0.25) is 0 Å². The van der Waals surface area contributed by atoms with Gasteiger partial charge in [0, 0.05) is 16.7 Å². The summed E-state index contributed by atoms with van der Waals surface area (Å²) in [4.78, 5) is 0. The van der Waals surface area contributed by atoms with E-state index in [1.807, 2.05) is 48.6 Å². The number of rotatable bonds is 2. The van der Waals surface area contributed by atoms with Crippen molar-refractivity contribution in [2.45, 2.75) is 11.1 Å². The van der Waals surface area contributed by atoms with Crippen LogP contribution < -0.4 is 8.92 Å². The lowest BCUT2D eigenvalue weighted by Gasteiger charge is -2.34. The van der Waals surface area contributed by atoms with E-state index in [-0.39, 0.29) is 0 Å². The first-order valence-electron chi connectivity index (χ1n) is 10.3. The van der Waals surface area contributed by atoms with E-state index in [1.165, 1.54) is 18.2 Å². The van der Waals surface area contributed by atoms with Crippen LogP contribution in [0.4, 0.5) is 13.2 Å². The van der Waals surface area contributed by atoms with Crippen LogP contribution in [-0.4, -0.2) is 13.9 Å². The molecule has 1 heterocycles. The zero-order chi connectivity index (χ0) is 23.7. The monoisotopic (exact) mass is 480 g/mol. The average molecular weight is 480 g/mol. The van der Waals surface area contributed by atoms with E-state index in [0.29, 0.717) is 16.5 Å². The molecule has 4 aromatic rings. The number of ether oxygens (including phenoxy) is 1. The number of fused-ring (bicyclic) bond motifs is 8. The maximum absolute atomic E-state index is 12.7. The van der Waals surface area contributed by atoms with Crippen molar-refractivity contribution in [3.8, 4) is 22.6 Å². The number of hydrogen-bond acceptors (Lipinski definition) is 4. The third kappa shape index (κ3) is 2.88. The normalized spacial score (nSPS) is 15.5. The molecule has 0 amide bonds. The van der Waals surface area contributed by atoms with Gasteiger partial charge in [0.1, 0.15) is 11.5 Å². The lowest BCUT2D eigenvalue weighted by atomic mass is 9.87. The highest BCUT2D eigenvalue weighted by Crippen LogP contribution is 2.53. The second-order valence-corrected chi connectivity index (χ2v) is 9.64. The Bertz CT molecular complexity index is 1580. The summed E-state index contributed by atoms with van der Waals surface area (Å²) in [7, 11) is -5.75. The molecule has 0 saturated carbocycles. The highest BCUT2D eigenvalue weighted by Gasteiger charge is 2.48. The quantitative estimate of drug-likeness (QED) is 0.246. The van der Waals surface area contributed by atoms with Crippen molar-refractivity contribution in [1.29, 1.82) is 0 Å². The third-order valence-electron chi connectivity index (χ3n) is 6.18. The molecule has 34 heavy (non-hydrogen) atoms. The standard InChI is InChI=1S/C26H15F3O4S/c27-26(28,29)34(30,31)33-17-10-11-18-16(15-17)9-12-24-21(18)13-14-25(32-24)22-7-3-1-5-19(22)20-6-2-4-8-23(20)25/h1-15H. The largest absolute Gasteiger partial charge is 0.534 e. The summed E-state index contributed by atoms with van der Waals surface area (Å²) in [6.45, 7) is 0. The molecule has 4 nitrogen and oxygen atoms in total. The van der Waals surface area contributed by atoms with Crippen LogP contribution in [0.25, 0.3) is 28.0 Å². The topological polar surface area (TPSA) is 52.6 Å². The number of halogens is 3. The van der Waals surface area contributed by atoms with Gasteiger partial charge in [-0.25, -0.2) is 0 Å². The Morgan fingerprint density at radius 1 is 0.824 bits per heavy atom. The summed E-state index contributed by atoms with van der Waals surface area (Å²) in [5, 5.41) is 1.21. The van der Waals surface area contributed by atoms with Crippen LogP contribution in [0, 0.1) is 0 Å². The fourth-order valence-corrected chi connectivity index (χ4v) is 5.18. The van der Waals surface area contributed by atoms with Gasteiger partial charge in [-0.1, -0.05) is 54.6 Å². The van der Waals surface area contributed by atoms with Crippen molar-refractivity contribution >= 4 is 27.0 Å². The molecule has 170 valence electrons. The molecule has 0 saturated heterocycles. The summed E-state index contributed by atoms with van der Waals surface area (Å²) < 4.78 is 71.6. The van der Waals surface area contributed by atoms with Gasteiger partial charge in [-0.2, -0.15) is 21.6 Å². The van der Waals surface area contributed by atoms with Crippen molar-refractivity contribution in [3.63, 3.8) is 0 Å². The fraction of sp³-hybridized carbons (Fsp3) is 0.0769. The Morgan fingerprint density at radius 3 is 2.12 bits per heavy atom. The van der Waals surface area contributed by atoms with Crippen LogP contribution in [0.3, 0.4) is 0 Å². The fourth-order valence-electron chi connectivity index (χ4n) is 4.73. The summed E-state index contributed by atoms with van der Waals surface area (Å²) in [5.41, 5.74) is -1.30. The Hall–Kier alpha value is -3.78. The molecule has 0 radical (unpaired) electrons. The molecule has 8 heteroatoms. The van der Waals surface area contributed by atoms with E-state index in [1.54, 1.807) is 12.1 Å². The van der Waals surface area contributed by atoms with Gasteiger partial charge >= 0.3 is 15.6 Å². The Balaban J connectivity index is 1.45. The molecular formula is C26H15F3O4S. The van der Waals surface area contributed by atoms with Crippen LogP contribution in [0.15, 0.2) is 84.9 Å². The Kier molecular flexibility index (Phi) is 4.20. The van der Waals surface area contributed by atoms with Gasteiger partial charge in [0.25, 0.3) is 0 Å². The van der Waals surface area contributed by atoms with E-state index < -0.39 is 27.0 Å². The summed E-state index contributed by atoms with van der Waals surface area (Å²) in [6.07, 6.45) is 3.92. The predicted molar refractivity (Wildman–Crippen MR) is 122 cm³/mol. The first kappa shape index (κ1) is 20.8. The molecule has 1 spiro atoms. The Morgan fingerprint density at radius 2 is 1.47 bits per heavy atom. The zero-order valence-corrected chi connectivity index (χ0v) is 18.2. The van der Waals surface area contributed by atoms with Crippen LogP contribution in [0.5, 0.6) is 11.5 Å². The highest BCUT2D eigenvalue weighted by atomic mass is 32.2. The summed E-state index contributed by atoms with van der Waals surface area (Å²) >= 11 is 0. The number of hydrogen-bond donors (Lipinski definition) is 0. The first-order chi connectivity index (χ1) is 16.2. The van der Waals surface area contributed by atoms with Crippen molar-refractivity contribution in [3.05, 3.63) is 102 Å². The van der Waals surface area contributed by atoms with Gasteiger partial charge in [-0.05, 0) is 58.3 Å². The number of alkyl halides is 3. The van der Waals surface area contributed by atoms with Crippen LogP contribution >= 0.6 is 0 Å². The summed E-state index contributed by atoms with van der Waals surface area (Å²) in [6, 6.07) is 23.5. The molecule has 0 fully saturated rings. The van der Waals surface area contributed by atoms with Gasteiger partial charge < -0.3 is 8.92 Å². The molecule has 0 unspecified atom stereocenters. The molecule has 0 aromatic heterocycles. The van der Waals surface area contributed by atoms with E-state index in [9.17, 15) is 21.6 Å². The second kappa shape index (κ2) is 6.87. The van der Waals surface area contributed by atoms with Gasteiger partial charge in [-0.15, -0.1) is 0 Å². The molecule has 0 N–H and O–H groups in total. The number of benzene rings is 4. The SMILES string of the molecule is O=S(=O)(Oc1ccc2c3c(ccc2c1)OC1(C=C3)c2ccccc2-c2ccccc21)C(F)(F)F. The minimum Gasteiger partial charge on any atom is -0.473 e. The maximum atomic E-state index is 12.7. The van der Waals surface area contributed by atoms with Crippen molar-refractivity contribution in [1.82, 2.24) is 0 Å². The second-order valence-electron chi connectivity index (χ2n) is 8.11. The van der Waals surface area contributed by atoms with E-state index in [4.69, 9.17) is 4.74 Å². The summed E-state index contributed by atoms with van der Waals surface area (Å²) in [5.74, 6) is 0.193. The van der Waals surface area contributed by atoms with E-state index >= 15 is 0 Å². The van der Waals surface area contributed by atoms with Crippen molar-refractivity contribution < 1.29 is 30.5 Å². The van der Waals surface area contributed by atoms with Gasteiger partial charge in [-0.3, -0.25) is 0 Å². The van der Waals surface area contributed by atoms with Crippen LogP contribution in [0.1, 0.15) is 16.7 Å². The molecule has 2 aliphatic rings. The molecule has 0 atom stereocenters. The van der Waals surface area contributed by atoms with Gasteiger partial charge in [0.15, 0.2) is 5.60 Å². The highest BCUT2D eigenvalue weighted by molar-refractivity contribution is 7.88. The van der Waals surface area contributed by atoms with Crippen molar-refractivity contribution in [2.24, 2.45) is 0 Å². The van der Waals surface area contributed by atoms with Crippen molar-refractivity contribution in [2.75, 3.05) is 0 Å². The van der Waals surface area contributed by atoms with E-state index in [2.05, 4.69) is 16.3 Å². The third-order valence-corrected chi connectivity index (χ3v) is 7.16. The molecule has 0 bridgehead atoms.